The number of nitrogens with zero attached hydrogens (tertiary/aromatic N) is 3. The largest absolute Gasteiger partial charge is 0.447 e. The van der Waals surface area contributed by atoms with Gasteiger partial charge in [0.2, 0.25) is 17.6 Å². The van der Waals surface area contributed by atoms with Crippen LogP contribution in [0.5, 0.6) is 0 Å². The molecule has 1 fully saturated rings. The second-order valence-electron chi connectivity index (χ2n) is 8.53. The van der Waals surface area contributed by atoms with Gasteiger partial charge in [0.05, 0.1) is 5.02 Å². The average Bonchev–Trinajstić information content (AvgIpc) is 3.19. The molecule has 1 aliphatic rings. The first-order valence-electron chi connectivity index (χ1n) is 11.2. The Hall–Kier alpha value is -3.46. The van der Waals surface area contributed by atoms with Gasteiger partial charge in [-0.3, -0.25) is 19.4 Å². The fraction of sp³-hybridized carbons (Fsp3) is 0.375. The van der Waals surface area contributed by atoms with Gasteiger partial charge in [0.1, 0.15) is 17.0 Å². The van der Waals surface area contributed by atoms with E-state index in [1.54, 1.807) is 42.3 Å². The van der Waals surface area contributed by atoms with Crippen LogP contribution in [-0.2, 0) is 9.59 Å². The van der Waals surface area contributed by atoms with Crippen molar-refractivity contribution in [1.29, 1.82) is 0 Å². The van der Waals surface area contributed by atoms with E-state index in [4.69, 9.17) is 16.0 Å². The fourth-order valence-electron chi connectivity index (χ4n) is 4.27. The molecule has 0 spiro atoms. The van der Waals surface area contributed by atoms with E-state index in [-0.39, 0.29) is 35.2 Å². The van der Waals surface area contributed by atoms with Crippen LogP contribution in [0.3, 0.4) is 0 Å². The maximum Gasteiger partial charge on any atom is 0.294 e. The van der Waals surface area contributed by atoms with E-state index in [1.165, 1.54) is 6.20 Å². The lowest BCUT2D eigenvalue weighted by atomic mass is 9.83. The Morgan fingerprint density at radius 1 is 1.12 bits per heavy atom. The number of nitrogens with one attached hydrogen (secondary N) is 2. The molecule has 0 aromatic carbocycles. The molecule has 2 N–H and O–H groups in total. The van der Waals surface area contributed by atoms with E-state index < -0.39 is 5.91 Å². The summed E-state index contributed by atoms with van der Waals surface area (Å²) in [6.07, 6.45) is 6.75. The van der Waals surface area contributed by atoms with Crippen molar-refractivity contribution in [2.75, 3.05) is 17.7 Å². The van der Waals surface area contributed by atoms with Crippen LogP contribution >= 0.6 is 11.6 Å². The molecule has 0 saturated heterocycles. The fourth-order valence-corrected chi connectivity index (χ4v) is 4.39. The number of aromatic nitrogens is 2. The van der Waals surface area contributed by atoms with E-state index in [0.717, 1.165) is 25.7 Å². The number of anilines is 2. The highest BCUT2D eigenvalue weighted by molar-refractivity contribution is 6.30. The van der Waals surface area contributed by atoms with Crippen LogP contribution in [0.2, 0.25) is 5.02 Å². The third kappa shape index (κ3) is 5.36. The van der Waals surface area contributed by atoms with E-state index in [0.29, 0.717) is 28.4 Å². The topological polar surface area (TPSA) is 117 Å². The van der Waals surface area contributed by atoms with Crippen LogP contribution in [0.25, 0.3) is 11.1 Å². The standard InChI is InChI=1S/C24H26ClN5O4/c1-14(31)30(2)17-8-5-15(6-9-17)12-20(32)29-22-21-18(4-3-11-26-21)34-23(22)24(33)28-19-10-7-16(25)13-27-19/h3-4,7,10-11,13,15,17H,5-6,8-9,12H2,1-2H3,(H,29,32)(H,27,28,33). The summed E-state index contributed by atoms with van der Waals surface area (Å²) in [5, 5.41) is 5.94. The summed E-state index contributed by atoms with van der Waals surface area (Å²) >= 11 is 5.85. The van der Waals surface area contributed by atoms with Crippen molar-refractivity contribution < 1.29 is 18.8 Å². The number of pyridine rings is 2. The maximum atomic E-state index is 12.9. The maximum absolute atomic E-state index is 12.9. The lowest BCUT2D eigenvalue weighted by Crippen LogP contribution is -2.38. The molecular formula is C24H26ClN5O4. The summed E-state index contributed by atoms with van der Waals surface area (Å²) in [5.74, 6) is -0.261. The van der Waals surface area contributed by atoms with Crippen molar-refractivity contribution >= 4 is 51.9 Å². The van der Waals surface area contributed by atoms with E-state index in [9.17, 15) is 14.4 Å². The summed E-state index contributed by atoms with van der Waals surface area (Å²) in [6.45, 7) is 1.57. The Labute approximate surface area is 201 Å². The molecule has 0 unspecified atom stereocenters. The smallest absolute Gasteiger partial charge is 0.294 e. The van der Waals surface area contributed by atoms with Gasteiger partial charge in [-0.15, -0.1) is 0 Å². The Balaban J connectivity index is 1.46. The second kappa shape index (κ2) is 10.2. The summed E-state index contributed by atoms with van der Waals surface area (Å²) in [4.78, 5) is 47.6. The van der Waals surface area contributed by atoms with Crippen molar-refractivity contribution in [2.24, 2.45) is 5.92 Å². The lowest BCUT2D eigenvalue weighted by Gasteiger charge is -2.34. The molecular weight excluding hydrogens is 458 g/mol. The van der Waals surface area contributed by atoms with Crippen molar-refractivity contribution in [1.82, 2.24) is 14.9 Å². The normalized spacial score (nSPS) is 17.9. The minimum absolute atomic E-state index is 0.0504. The molecule has 3 amide bonds. The Kier molecular flexibility index (Phi) is 7.12. The number of furan rings is 1. The van der Waals surface area contributed by atoms with Gasteiger partial charge in [0, 0.05) is 38.8 Å². The minimum Gasteiger partial charge on any atom is -0.447 e. The predicted octanol–water partition coefficient (Wildman–Crippen LogP) is 4.49. The highest BCUT2D eigenvalue weighted by Gasteiger charge is 2.28. The first kappa shape index (κ1) is 23.7. The van der Waals surface area contributed by atoms with E-state index in [2.05, 4.69) is 20.6 Å². The van der Waals surface area contributed by atoms with Gasteiger partial charge in [-0.2, -0.15) is 0 Å². The molecule has 3 aromatic rings. The zero-order valence-electron chi connectivity index (χ0n) is 19.0. The SMILES string of the molecule is CC(=O)N(C)C1CCC(CC(=O)Nc2c(C(=O)Nc3ccc(Cl)cn3)oc3cccnc23)CC1. The van der Waals surface area contributed by atoms with E-state index in [1.807, 2.05) is 7.05 Å². The minimum atomic E-state index is -0.559. The van der Waals surface area contributed by atoms with Gasteiger partial charge in [0.15, 0.2) is 5.58 Å². The first-order valence-corrected chi connectivity index (χ1v) is 11.5. The van der Waals surface area contributed by atoms with Crippen molar-refractivity contribution in [3.8, 4) is 0 Å². The monoisotopic (exact) mass is 483 g/mol. The number of halogens is 1. The number of hydrogen-bond acceptors (Lipinski definition) is 6. The van der Waals surface area contributed by atoms with E-state index >= 15 is 0 Å². The summed E-state index contributed by atoms with van der Waals surface area (Å²) in [6, 6.07) is 6.77. The molecule has 3 aromatic heterocycles. The first-order chi connectivity index (χ1) is 16.3. The predicted molar refractivity (Wildman–Crippen MR) is 129 cm³/mol. The zero-order valence-corrected chi connectivity index (χ0v) is 19.8. The molecule has 0 bridgehead atoms. The summed E-state index contributed by atoms with van der Waals surface area (Å²) < 4.78 is 5.73. The molecule has 1 saturated carbocycles. The van der Waals surface area contributed by atoms with Gasteiger partial charge in [0.25, 0.3) is 5.91 Å². The van der Waals surface area contributed by atoms with Gasteiger partial charge < -0.3 is 20.0 Å². The van der Waals surface area contributed by atoms with Crippen LogP contribution < -0.4 is 10.6 Å². The van der Waals surface area contributed by atoms with Crippen molar-refractivity contribution in [3.63, 3.8) is 0 Å². The third-order valence-corrected chi connectivity index (χ3v) is 6.44. The van der Waals surface area contributed by atoms with Gasteiger partial charge in [-0.1, -0.05) is 11.6 Å². The van der Waals surface area contributed by atoms with Crippen molar-refractivity contribution in [3.05, 3.63) is 47.4 Å². The summed E-state index contributed by atoms with van der Waals surface area (Å²) in [5.41, 5.74) is 1.02. The Morgan fingerprint density at radius 3 is 2.56 bits per heavy atom. The quantitative estimate of drug-likeness (QED) is 0.533. The molecule has 0 aliphatic heterocycles. The number of carbonyl (C=O) groups is 3. The molecule has 3 heterocycles. The molecule has 34 heavy (non-hydrogen) atoms. The average molecular weight is 484 g/mol. The zero-order chi connectivity index (χ0) is 24.2. The Bertz CT molecular complexity index is 1200. The van der Waals surface area contributed by atoms with Crippen molar-refractivity contribution in [2.45, 2.75) is 45.1 Å². The van der Waals surface area contributed by atoms with Crippen LogP contribution in [0.4, 0.5) is 11.5 Å². The number of rotatable bonds is 6. The van der Waals surface area contributed by atoms with Crippen LogP contribution in [0.1, 0.15) is 49.6 Å². The second-order valence-corrected chi connectivity index (χ2v) is 8.97. The highest BCUT2D eigenvalue weighted by atomic mass is 35.5. The third-order valence-electron chi connectivity index (χ3n) is 6.22. The summed E-state index contributed by atoms with van der Waals surface area (Å²) in [7, 11) is 1.82. The van der Waals surface area contributed by atoms with Crippen LogP contribution in [0.15, 0.2) is 41.1 Å². The molecule has 9 nitrogen and oxygen atoms in total. The molecule has 1 aliphatic carbocycles. The molecule has 178 valence electrons. The molecule has 4 rings (SSSR count). The van der Waals surface area contributed by atoms with Gasteiger partial charge in [-0.25, -0.2) is 4.98 Å². The van der Waals surface area contributed by atoms with Crippen LogP contribution in [-0.4, -0.2) is 45.7 Å². The van der Waals surface area contributed by atoms with Gasteiger partial charge >= 0.3 is 0 Å². The molecule has 0 atom stereocenters. The number of hydrogen-bond donors (Lipinski definition) is 2. The number of amides is 3. The Morgan fingerprint density at radius 2 is 1.88 bits per heavy atom. The number of carbonyl (C=O) groups excluding carboxylic acids is 3. The lowest BCUT2D eigenvalue weighted by molar-refractivity contribution is -0.130. The molecule has 10 heteroatoms. The van der Waals surface area contributed by atoms with Gasteiger partial charge in [-0.05, 0) is 55.9 Å². The van der Waals surface area contributed by atoms with Crippen LogP contribution in [0, 0.1) is 5.92 Å². The highest BCUT2D eigenvalue weighted by Crippen LogP contribution is 2.32. The molecule has 0 radical (unpaired) electrons. The number of fused-ring (bicyclic) bond motifs is 1.